The van der Waals surface area contributed by atoms with E-state index >= 15 is 0 Å². The minimum Gasteiger partial charge on any atom is -0.481 e. The maximum absolute atomic E-state index is 13.9. The molecule has 0 saturated heterocycles. The third-order valence-electron chi connectivity index (χ3n) is 8.08. The van der Waals surface area contributed by atoms with Crippen molar-refractivity contribution in [2.45, 2.75) is 89.9 Å². The zero-order valence-corrected chi connectivity index (χ0v) is 29.5. The lowest BCUT2D eigenvalue weighted by atomic mass is 9.99. The number of anilines is 1. The second kappa shape index (κ2) is 21.1. The molecule has 0 radical (unpaired) electrons. The second-order valence-corrected chi connectivity index (χ2v) is 12.7. The molecule has 1 aliphatic heterocycles. The minimum atomic E-state index is -1.51. The van der Waals surface area contributed by atoms with Crippen LogP contribution in [0.2, 0.25) is 0 Å². The molecule has 0 aromatic heterocycles. The number of aliphatic carboxylic acids is 1. The molecule has 2 bridgehead atoms. The van der Waals surface area contributed by atoms with Gasteiger partial charge in [0.2, 0.25) is 29.5 Å². The van der Waals surface area contributed by atoms with Gasteiger partial charge in [-0.25, -0.2) is 0 Å². The Morgan fingerprint density at radius 1 is 0.961 bits per heavy atom. The van der Waals surface area contributed by atoms with Crippen molar-refractivity contribution < 1.29 is 38.7 Å². The van der Waals surface area contributed by atoms with Crippen molar-refractivity contribution in [2.75, 3.05) is 32.0 Å². The Balaban J connectivity index is 2.52. The Morgan fingerprint density at radius 3 is 2.29 bits per heavy atom. The number of rotatable bonds is 14. The van der Waals surface area contributed by atoms with Crippen molar-refractivity contribution in [1.29, 1.82) is 0 Å². The number of hydrogen-bond acceptors (Lipinski definition) is 9. The van der Waals surface area contributed by atoms with E-state index in [2.05, 4.69) is 31.6 Å². The fraction of sp³-hybridized carbons (Fsp3) is 0.576. The van der Waals surface area contributed by atoms with Gasteiger partial charge in [0.1, 0.15) is 18.1 Å². The van der Waals surface area contributed by atoms with Gasteiger partial charge in [-0.3, -0.25) is 38.6 Å². The number of carbonyl (C=O) groups excluding carboxylic acids is 6. The fourth-order valence-corrected chi connectivity index (χ4v) is 5.34. The second-order valence-electron chi connectivity index (χ2n) is 12.7. The molecular weight excluding hydrogens is 664 g/mol. The van der Waals surface area contributed by atoms with Crippen molar-refractivity contribution in [1.82, 2.24) is 26.2 Å². The van der Waals surface area contributed by atoms with Crippen molar-refractivity contribution in [3.05, 3.63) is 29.3 Å². The first-order chi connectivity index (χ1) is 24.1. The van der Waals surface area contributed by atoms with E-state index in [0.717, 1.165) is 19.3 Å². The maximum atomic E-state index is 13.9. The lowest BCUT2D eigenvalue weighted by molar-refractivity contribution is -0.142. The van der Waals surface area contributed by atoms with Crippen LogP contribution in [0, 0.1) is 5.92 Å². The van der Waals surface area contributed by atoms with E-state index < -0.39 is 72.5 Å². The van der Waals surface area contributed by atoms with Crippen LogP contribution in [0.3, 0.4) is 0 Å². The summed E-state index contributed by atoms with van der Waals surface area (Å²) in [5, 5.41) is 22.3. The van der Waals surface area contributed by atoms with E-state index in [-0.39, 0.29) is 55.5 Å². The number of fused-ring (bicyclic) bond motifs is 2. The number of guanidine groups is 1. The summed E-state index contributed by atoms with van der Waals surface area (Å²) in [4.78, 5) is 96.3. The summed E-state index contributed by atoms with van der Waals surface area (Å²) in [6.45, 7) is 3.33. The number of carboxylic acid groups (broad SMARTS) is 1. The molecular formula is C33H52N10O8. The highest BCUT2D eigenvalue weighted by Crippen LogP contribution is 2.19. The molecule has 18 nitrogen and oxygen atoms in total. The van der Waals surface area contributed by atoms with Gasteiger partial charge < -0.3 is 53.8 Å². The molecule has 1 aromatic rings. The van der Waals surface area contributed by atoms with E-state index in [0.29, 0.717) is 18.5 Å². The summed E-state index contributed by atoms with van der Waals surface area (Å²) in [5.41, 5.74) is 17.0. The van der Waals surface area contributed by atoms with Gasteiger partial charge in [0.05, 0.1) is 13.0 Å². The smallest absolute Gasteiger partial charge is 0.305 e. The van der Waals surface area contributed by atoms with E-state index in [9.17, 15) is 38.7 Å². The van der Waals surface area contributed by atoms with Crippen LogP contribution in [0.25, 0.3) is 0 Å². The zero-order valence-electron chi connectivity index (χ0n) is 29.5. The SMILES string of the molecule is CC(C)C1NC(=O)c2cc(cc(NC(=O)CCCCCCN)c2)CNC(=O)[C@H](CC(=O)O)NC(=O)CNC(=O)[C@H](CCCN=C(N)N)N(C)C1=O. The first-order valence-corrected chi connectivity index (χ1v) is 17.0. The summed E-state index contributed by atoms with van der Waals surface area (Å²) in [5.74, 6) is -5.89. The molecule has 0 spiro atoms. The van der Waals surface area contributed by atoms with Gasteiger partial charge in [-0.05, 0) is 61.9 Å². The van der Waals surface area contributed by atoms with Gasteiger partial charge >= 0.3 is 5.97 Å². The summed E-state index contributed by atoms with van der Waals surface area (Å²) in [7, 11) is 1.39. The van der Waals surface area contributed by atoms with Gasteiger partial charge in [0.15, 0.2) is 5.96 Å². The van der Waals surface area contributed by atoms with Crippen LogP contribution in [0.5, 0.6) is 0 Å². The first-order valence-electron chi connectivity index (χ1n) is 17.0. The highest BCUT2D eigenvalue weighted by atomic mass is 16.4. The van der Waals surface area contributed by atoms with Crippen molar-refractivity contribution in [3.8, 4) is 0 Å². The molecule has 0 fully saturated rings. The molecule has 51 heavy (non-hydrogen) atoms. The number of amides is 6. The number of nitrogens with one attached hydrogen (secondary N) is 5. The Hall–Kier alpha value is -5.26. The summed E-state index contributed by atoms with van der Waals surface area (Å²) in [6.07, 6.45) is 3.00. The van der Waals surface area contributed by atoms with E-state index in [4.69, 9.17) is 17.2 Å². The number of hydrogen-bond donors (Lipinski definition) is 9. The van der Waals surface area contributed by atoms with Crippen molar-refractivity contribution >= 4 is 53.1 Å². The van der Waals surface area contributed by atoms with Gasteiger partial charge in [0, 0.05) is 37.8 Å². The number of likely N-dealkylation sites (N-methyl/N-ethyl adjacent to an activating group) is 1. The molecule has 2 rings (SSSR count). The van der Waals surface area contributed by atoms with Crippen LogP contribution < -0.4 is 43.8 Å². The quantitative estimate of drug-likeness (QED) is 0.0631. The first kappa shape index (κ1) is 41.9. The molecule has 3 atom stereocenters. The highest BCUT2D eigenvalue weighted by Gasteiger charge is 2.34. The number of unbranched alkanes of at least 4 members (excludes halogenated alkanes) is 3. The molecule has 6 amide bonds. The molecule has 1 heterocycles. The highest BCUT2D eigenvalue weighted by molar-refractivity contribution is 6.01. The van der Waals surface area contributed by atoms with Gasteiger partial charge in [-0.15, -0.1) is 0 Å². The van der Waals surface area contributed by atoms with Crippen molar-refractivity contribution in [3.63, 3.8) is 0 Å². The average molecular weight is 717 g/mol. The lowest BCUT2D eigenvalue weighted by Gasteiger charge is -2.32. The molecule has 18 heteroatoms. The summed E-state index contributed by atoms with van der Waals surface area (Å²) < 4.78 is 0. The molecule has 1 unspecified atom stereocenters. The monoisotopic (exact) mass is 716 g/mol. The van der Waals surface area contributed by atoms with Crippen LogP contribution in [0.4, 0.5) is 5.69 Å². The van der Waals surface area contributed by atoms with E-state index in [1.165, 1.54) is 24.1 Å². The van der Waals surface area contributed by atoms with Crippen LogP contribution in [-0.4, -0.2) is 102 Å². The Bertz CT molecular complexity index is 1450. The number of carbonyl (C=O) groups is 7. The minimum absolute atomic E-state index is 0.0594. The van der Waals surface area contributed by atoms with E-state index in [1.54, 1.807) is 19.9 Å². The zero-order chi connectivity index (χ0) is 38.1. The van der Waals surface area contributed by atoms with Gasteiger partial charge in [-0.1, -0.05) is 26.7 Å². The summed E-state index contributed by atoms with van der Waals surface area (Å²) in [6, 6.07) is 0.705. The third kappa shape index (κ3) is 14.6. The van der Waals surface area contributed by atoms with Gasteiger partial charge in [-0.2, -0.15) is 0 Å². The van der Waals surface area contributed by atoms with Crippen LogP contribution in [0.15, 0.2) is 23.2 Å². The normalized spacial score (nSPS) is 19.2. The van der Waals surface area contributed by atoms with E-state index in [1.807, 2.05) is 0 Å². The predicted octanol–water partition coefficient (Wildman–Crippen LogP) is -1.13. The Kier molecular flexibility index (Phi) is 17.3. The standard InChI is InChI=1S/C33H52N10O8/c1-19(2)28-32(51)43(3)24(9-8-12-37-33(35)36)31(50)39-18-26(45)41-23(16-27(46)47)30(49)38-17-20-13-21(29(48)42-28)15-22(14-20)40-25(44)10-6-4-5-7-11-34/h13-15,19,23-24,28H,4-12,16-18,34H2,1-3H3,(H,38,49)(H,39,50)(H,40,44)(H,41,45)(H,42,48)(H,46,47)(H4,35,36,37)/t23-,24-,28?/m0/s1. The van der Waals surface area contributed by atoms with Crippen LogP contribution in [-0.2, 0) is 35.3 Å². The van der Waals surface area contributed by atoms with Crippen LogP contribution in [0.1, 0.15) is 81.1 Å². The lowest BCUT2D eigenvalue weighted by Crippen LogP contribution is -2.57. The predicted molar refractivity (Wildman–Crippen MR) is 189 cm³/mol. The molecule has 0 aliphatic carbocycles. The Labute approximate surface area is 297 Å². The third-order valence-corrected chi connectivity index (χ3v) is 8.08. The molecule has 282 valence electrons. The number of aliphatic imine (C=N–C) groups is 1. The summed E-state index contributed by atoms with van der Waals surface area (Å²) >= 11 is 0. The van der Waals surface area contributed by atoms with Crippen molar-refractivity contribution in [2.24, 2.45) is 28.1 Å². The maximum Gasteiger partial charge on any atom is 0.305 e. The molecule has 12 N–H and O–H groups in total. The largest absolute Gasteiger partial charge is 0.481 e. The number of nitrogens with zero attached hydrogens (tertiary/aromatic N) is 2. The number of benzene rings is 1. The number of carboxylic acids is 1. The van der Waals surface area contributed by atoms with Crippen LogP contribution >= 0.6 is 0 Å². The number of nitrogens with two attached hydrogens (primary N) is 3. The fourth-order valence-electron chi connectivity index (χ4n) is 5.34. The topological polar surface area (TPSA) is 294 Å². The molecule has 1 aromatic carbocycles. The van der Waals surface area contributed by atoms with Gasteiger partial charge in [0.25, 0.3) is 5.91 Å². The molecule has 0 saturated carbocycles. The average Bonchev–Trinajstić information content (AvgIpc) is 3.06. The molecule has 1 aliphatic rings. The Morgan fingerprint density at radius 2 is 1.65 bits per heavy atom.